The van der Waals surface area contributed by atoms with Crippen molar-refractivity contribution in [2.75, 3.05) is 6.54 Å². The molecule has 1 saturated heterocycles. The first kappa shape index (κ1) is 16.1. The van der Waals surface area contributed by atoms with Gasteiger partial charge in [-0.2, -0.15) is 9.29 Å². The van der Waals surface area contributed by atoms with Gasteiger partial charge in [-0.25, -0.2) is 8.42 Å². The van der Waals surface area contributed by atoms with Crippen LogP contribution < -0.4 is 0 Å². The van der Waals surface area contributed by atoms with Gasteiger partial charge in [-0.3, -0.25) is 0 Å². The van der Waals surface area contributed by atoms with E-state index in [2.05, 4.69) is 10.1 Å². The van der Waals surface area contributed by atoms with Gasteiger partial charge in [0.15, 0.2) is 0 Å². The van der Waals surface area contributed by atoms with E-state index in [-0.39, 0.29) is 6.04 Å². The van der Waals surface area contributed by atoms with Crippen LogP contribution >= 0.6 is 0 Å². The number of rotatable bonds is 3. The fraction of sp³-hybridized carbons (Fsp3) is 0.500. The lowest BCUT2D eigenvalue weighted by atomic mass is 10.1. The lowest BCUT2D eigenvalue weighted by Gasteiger charge is -2.32. The molecule has 0 N–H and O–H groups in total. The Morgan fingerprint density at radius 3 is 2.70 bits per heavy atom. The largest absolute Gasteiger partial charge is 0.339 e. The highest BCUT2D eigenvalue weighted by atomic mass is 32.2. The Balaban J connectivity index is 2.04. The van der Waals surface area contributed by atoms with Crippen LogP contribution in [0.25, 0.3) is 11.4 Å². The van der Waals surface area contributed by atoms with Gasteiger partial charge in [0.25, 0.3) is 0 Å². The van der Waals surface area contributed by atoms with Gasteiger partial charge in [0.1, 0.15) is 0 Å². The van der Waals surface area contributed by atoms with Gasteiger partial charge in [-0.05, 0) is 38.3 Å². The monoisotopic (exact) mass is 335 g/mol. The van der Waals surface area contributed by atoms with E-state index in [0.29, 0.717) is 28.7 Å². The van der Waals surface area contributed by atoms with E-state index in [1.54, 1.807) is 23.4 Å². The molecule has 0 spiro atoms. The molecule has 1 unspecified atom stereocenters. The Morgan fingerprint density at radius 1 is 1.26 bits per heavy atom. The lowest BCUT2D eigenvalue weighted by Crippen LogP contribution is -2.42. The van der Waals surface area contributed by atoms with Crippen molar-refractivity contribution >= 4 is 10.0 Å². The molecule has 3 rings (SSSR count). The summed E-state index contributed by atoms with van der Waals surface area (Å²) in [5, 5.41) is 3.87. The predicted octanol–water partition coefficient (Wildman–Crippen LogP) is 2.92. The molecule has 2 aromatic rings. The van der Waals surface area contributed by atoms with Crippen LogP contribution in [0.2, 0.25) is 0 Å². The van der Waals surface area contributed by atoms with Gasteiger partial charge in [0.2, 0.25) is 21.7 Å². The molecule has 23 heavy (non-hydrogen) atoms. The molecular weight excluding hydrogens is 314 g/mol. The van der Waals surface area contributed by atoms with Crippen LogP contribution in [0.15, 0.2) is 27.6 Å². The summed E-state index contributed by atoms with van der Waals surface area (Å²) in [6, 6.07) is 5.29. The molecule has 1 fully saturated rings. The second kappa shape index (κ2) is 6.05. The van der Waals surface area contributed by atoms with Crippen molar-refractivity contribution in [1.82, 2.24) is 14.4 Å². The fourth-order valence-corrected chi connectivity index (χ4v) is 4.94. The maximum atomic E-state index is 13.1. The van der Waals surface area contributed by atoms with Crippen LogP contribution in [-0.2, 0) is 10.0 Å². The van der Waals surface area contributed by atoms with Crippen molar-refractivity contribution in [1.29, 1.82) is 0 Å². The van der Waals surface area contributed by atoms with Crippen LogP contribution in [0.4, 0.5) is 0 Å². The minimum absolute atomic E-state index is 0.0317. The first-order valence-electron chi connectivity index (χ1n) is 7.83. The van der Waals surface area contributed by atoms with Crippen molar-refractivity contribution in [2.24, 2.45) is 0 Å². The summed E-state index contributed by atoms with van der Waals surface area (Å²) in [5.41, 5.74) is 1.38. The summed E-state index contributed by atoms with van der Waals surface area (Å²) >= 11 is 0. The predicted molar refractivity (Wildman–Crippen MR) is 86.4 cm³/mol. The summed E-state index contributed by atoms with van der Waals surface area (Å²) < 4.78 is 32.7. The molecule has 1 aliphatic rings. The zero-order valence-corrected chi connectivity index (χ0v) is 14.4. The fourth-order valence-electron chi connectivity index (χ4n) is 2.99. The maximum Gasteiger partial charge on any atom is 0.243 e. The van der Waals surface area contributed by atoms with Gasteiger partial charge in [0, 0.05) is 25.1 Å². The highest BCUT2D eigenvalue weighted by molar-refractivity contribution is 7.89. The van der Waals surface area contributed by atoms with Gasteiger partial charge >= 0.3 is 0 Å². The Morgan fingerprint density at radius 2 is 2.04 bits per heavy atom. The number of nitrogens with zero attached hydrogens (tertiary/aromatic N) is 3. The zero-order chi connectivity index (χ0) is 16.6. The Hall–Kier alpha value is -1.73. The van der Waals surface area contributed by atoms with Crippen molar-refractivity contribution in [3.05, 3.63) is 29.7 Å². The van der Waals surface area contributed by atoms with E-state index in [0.717, 1.165) is 24.8 Å². The number of benzene rings is 1. The van der Waals surface area contributed by atoms with Crippen molar-refractivity contribution in [3.63, 3.8) is 0 Å². The molecule has 0 amide bonds. The molecule has 1 aliphatic heterocycles. The van der Waals surface area contributed by atoms with E-state index in [4.69, 9.17) is 4.52 Å². The van der Waals surface area contributed by atoms with E-state index >= 15 is 0 Å². The van der Waals surface area contributed by atoms with Crippen LogP contribution in [0.1, 0.15) is 37.6 Å². The Kier molecular flexibility index (Phi) is 4.25. The van der Waals surface area contributed by atoms with E-state index in [1.807, 2.05) is 19.9 Å². The molecule has 0 bridgehead atoms. The topological polar surface area (TPSA) is 76.3 Å². The van der Waals surface area contributed by atoms with Crippen LogP contribution in [0, 0.1) is 13.8 Å². The Labute approximate surface area is 136 Å². The molecule has 6 nitrogen and oxygen atoms in total. The molecule has 2 heterocycles. The number of hydrogen-bond acceptors (Lipinski definition) is 5. The average Bonchev–Trinajstić information content (AvgIpc) is 2.94. The number of sulfonamides is 1. The smallest absolute Gasteiger partial charge is 0.243 e. The molecule has 1 aromatic heterocycles. The third kappa shape index (κ3) is 3.03. The molecule has 124 valence electrons. The summed E-state index contributed by atoms with van der Waals surface area (Å²) in [4.78, 5) is 4.50. The van der Waals surface area contributed by atoms with Crippen LogP contribution in [0.5, 0.6) is 0 Å². The third-order valence-corrected chi connectivity index (χ3v) is 6.46. The molecule has 0 aliphatic carbocycles. The number of aromatic nitrogens is 2. The molecule has 7 heteroatoms. The summed E-state index contributed by atoms with van der Waals surface area (Å²) in [5.74, 6) is 0.861. The average molecular weight is 335 g/mol. The third-order valence-electron chi connectivity index (χ3n) is 4.30. The van der Waals surface area contributed by atoms with Crippen molar-refractivity contribution in [3.8, 4) is 11.4 Å². The molecule has 1 aromatic carbocycles. The molecular formula is C16H21N3O3S. The first-order chi connectivity index (χ1) is 10.9. The Bertz CT molecular complexity index is 814. The van der Waals surface area contributed by atoms with Gasteiger partial charge in [-0.1, -0.05) is 23.7 Å². The van der Waals surface area contributed by atoms with Crippen LogP contribution in [-0.4, -0.2) is 35.5 Å². The van der Waals surface area contributed by atoms with Gasteiger partial charge < -0.3 is 4.52 Å². The SMILES string of the molecule is Cc1nc(-c2ccc(C)c(S(=O)(=O)N3CCCCC3C)c2)no1. The molecule has 0 saturated carbocycles. The van der Waals surface area contributed by atoms with Crippen LogP contribution in [0.3, 0.4) is 0 Å². The summed E-state index contributed by atoms with van der Waals surface area (Å²) in [6.45, 7) is 6.07. The second-order valence-corrected chi connectivity index (χ2v) is 7.94. The zero-order valence-electron chi connectivity index (χ0n) is 13.6. The minimum atomic E-state index is -3.52. The number of piperidine rings is 1. The standard InChI is InChI=1S/C16H21N3O3S/c1-11-7-8-14(16-17-13(3)22-18-16)10-15(11)23(20,21)19-9-5-4-6-12(19)2/h7-8,10,12H,4-6,9H2,1-3H3. The summed E-state index contributed by atoms with van der Waals surface area (Å²) in [7, 11) is -3.52. The normalized spacial score (nSPS) is 19.9. The highest BCUT2D eigenvalue weighted by Gasteiger charge is 2.32. The minimum Gasteiger partial charge on any atom is -0.339 e. The first-order valence-corrected chi connectivity index (χ1v) is 9.27. The van der Waals surface area contributed by atoms with Crippen molar-refractivity contribution in [2.45, 2.75) is 51.0 Å². The van der Waals surface area contributed by atoms with Crippen molar-refractivity contribution < 1.29 is 12.9 Å². The van der Waals surface area contributed by atoms with E-state index < -0.39 is 10.0 Å². The highest BCUT2D eigenvalue weighted by Crippen LogP contribution is 2.29. The van der Waals surface area contributed by atoms with Gasteiger partial charge in [0.05, 0.1) is 4.90 Å². The van der Waals surface area contributed by atoms with Gasteiger partial charge in [-0.15, -0.1) is 0 Å². The molecule has 1 atom stereocenters. The van der Waals surface area contributed by atoms with E-state index in [9.17, 15) is 8.42 Å². The quantitative estimate of drug-likeness (QED) is 0.862. The van der Waals surface area contributed by atoms with E-state index in [1.165, 1.54) is 0 Å². The second-order valence-electron chi connectivity index (χ2n) is 6.08. The molecule has 0 radical (unpaired) electrons. The lowest BCUT2D eigenvalue weighted by molar-refractivity contribution is 0.268. The number of aryl methyl sites for hydroxylation is 2. The summed E-state index contributed by atoms with van der Waals surface area (Å²) in [6.07, 6.45) is 2.89. The maximum absolute atomic E-state index is 13.1. The number of hydrogen-bond donors (Lipinski definition) is 0.